The first-order chi connectivity index (χ1) is 8.08. The molecule has 0 spiro atoms. The Balaban J connectivity index is 2.58. The van der Waals surface area contributed by atoms with Crippen LogP contribution in [0.25, 0.3) is 11.1 Å². The van der Waals surface area contributed by atoms with Gasteiger partial charge < -0.3 is 0 Å². The second-order valence-electron chi connectivity index (χ2n) is 3.76. The van der Waals surface area contributed by atoms with Crippen LogP contribution in [-0.4, -0.2) is 5.78 Å². The summed E-state index contributed by atoms with van der Waals surface area (Å²) in [6.45, 7) is 1.48. The molecule has 0 aliphatic carbocycles. The Morgan fingerprint density at radius 1 is 1.18 bits per heavy atom. The summed E-state index contributed by atoms with van der Waals surface area (Å²) in [6.07, 6.45) is 0. The third-order valence-corrected chi connectivity index (χ3v) is 2.84. The molecule has 3 heteroatoms. The Bertz CT molecular complexity index is 578. The summed E-state index contributed by atoms with van der Waals surface area (Å²) in [7, 11) is 0. The Morgan fingerprint density at radius 3 is 2.59 bits per heavy atom. The van der Waals surface area contributed by atoms with Crippen LogP contribution in [0.15, 0.2) is 42.5 Å². The number of ketones is 1. The van der Waals surface area contributed by atoms with Crippen molar-refractivity contribution in [1.29, 1.82) is 0 Å². The van der Waals surface area contributed by atoms with Crippen LogP contribution in [0, 0.1) is 5.82 Å². The van der Waals surface area contributed by atoms with Gasteiger partial charge in [-0.05, 0) is 42.8 Å². The van der Waals surface area contributed by atoms with Crippen molar-refractivity contribution in [2.24, 2.45) is 0 Å². The van der Waals surface area contributed by atoms with Gasteiger partial charge in [-0.3, -0.25) is 4.79 Å². The summed E-state index contributed by atoms with van der Waals surface area (Å²) in [5.74, 6) is -0.369. The molecule has 0 saturated heterocycles. The van der Waals surface area contributed by atoms with E-state index in [0.717, 1.165) is 0 Å². The number of carbonyl (C=O) groups excluding carboxylic acids is 1. The van der Waals surface area contributed by atoms with Crippen molar-refractivity contribution >= 4 is 17.4 Å². The minimum Gasteiger partial charge on any atom is -0.295 e. The number of halogens is 2. The first-order valence-corrected chi connectivity index (χ1v) is 5.52. The standard InChI is InChI=1S/C14H10ClFO/c1-9(17)10-5-6-14(15)13(8-10)11-3-2-4-12(16)7-11/h2-8H,1H3. The van der Waals surface area contributed by atoms with E-state index in [-0.39, 0.29) is 11.6 Å². The van der Waals surface area contributed by atoms with E-state index in [1.807, 2.05) is 0 Å². The monoisotopic (exact) mass is 248 g/mol. The molecule has 86 valence electrons. The number of rotatable bonds is 2. The van der Waals surface area contributed by atoms with Gasteiger partial charge in [-0.1, -0.05) is 23.7 Å². The van der Waals surface area contributed by atoms with Gasteiger partial charge in [0.05, 0.1) is 0 Å². The van der Waals surface area contributed by atoms with Gasteiger partial charge in [0.15, 0.2) is 5.78 Å². The molecule has 0 saturated carbocycles. The highest BCUT2D eigenvalue weighted by molar-refractivity contribution is 6.33. The lowest BCUT2D eigenvalue weighted by atomic mass is 10.0. The van der Waals surface area contributed by atoms with Crippen LogP contribution in [0.5, 0.6) is 0 Å². The molecule has 0 aliphatic rings. The Kier molecular flexibility index (Phi) is 3.25. The van der Waals surface area contributed by atoms with Gasteiger partial charge in [-0.2, -0.15) is 0 Å². The highest BCUT2D eigenvalue weighted by Crippen LogP contribution is 2.29. The van der Waals surface area contributed by atoms with Crippen LogP contribution in [0.3, 0.4) is 0 Å². The van der Waals surface area contributed by atoms with Crippen LogP contribution >= 0.6 is 11.6 Å². The first-order valence-electron chi connectivity index (χ1n) is 5.14. The van der Waals surface area contributed by atoms with Crippen molar-refractivity contribution in [2.45, 2.75) is 6.92 Å². The van der Waals surface area contributed by atoms with Crippen LogP contribution < -0.4 is 0 Å². The lowest BCUT2D eigenvalue weighted by Crippen LogP contribution is -1.92. The van der Waals surface area contributed by atoms with E-state index < -0.39 is 0 Å². The second-order valence-corrected chi connectivity index (χ2v) is 4.17. The lowest BCUT2D eigenvalue weighted by Gasteiger charge is -2.06. The Hall–Kier alpha value is -1.67. The lowest BCUT2D eigenvalue weighted by molar-refractivity contribution is 0.101. The number of benzene rings is 2. The predicted octanol–water partition coefficient (Wildman–Crippen LogP) is 4.35. The van der Waals surface area contributed by atoms with Crippen LogP contribution in [0.2, 0.25) is 5.02 Å². The minimum absolute atomic E-state index is 0.0423. The maximum absolute atomic E-state index is 13.1. The van der Waals surface area contributed by atoms with Crippen molar-refractivity contribution in [1.82, 2.24) is 0 Å². The largest absolute Gasteiger partial charge is 0.295 e. The van der Waals surface area contributed by atoms with Crippen LogP contribution in [0.4, 0.5) is 4.39 Å². The fourth-order valence-corrected chi connectivity index (χ4v) is 1.85. The van der Waals surface area contributed by atoms with Crippen molar-refractivity contribution in [3.8, 4) is 11.1 Å². The van der Waals surface area contributed by atoms with E-state index in [9.17, 15) is 9.18 Å². The van der Waals surface area contributed by atoms with Gasteiger partial charge in [-0.15, -0.1) is 0 Å². The van der Waals surface area contributed by atoms with Gasteiger partial charge in [0, 0.05) is 16.1 Å². The molecule has 0 heterocycles. The van der Waals surface area contributed by atoms with Gasteiger partial charge in [0.2, 0.25) is 0 Å². The SMILES string of the molecule is CC(=O)c1ccc(Cl)c(-c2cccc(F)c2)c1. The zero-order chi connectivity index (χ0) is 12.4. The van der Waals surface area contributed by atoms with E-state index in [4.69, 9.17) is 11.6 Å². The maximum atomic E-state index is 13.1. The summed E-state index contributed by atoms with van der Waals surface area (Å²) < 4.78 is 13.1. The second kappa shape index (κ2) is 4.68. The van der Waals surface area contributed by atoms with E-state index >= 15 is 0 Å². The molecule has 2 aromatic carbocycles. The number of hydrogen-bond acceptors (Lipinski definition) is 1. The zero-order valence-electron chi connectivity index (χ0n) is 9.21. The molecule has 1 nitrogen and oxygen atoms in total. The summed E-state index contributed by atoms with van der Waals surface area (Å²) in [5.41, 5.74) is 1.89. The molecular formula is C14H10ClFO. The number of hydrogen-bond donors (Lipinski definition) is 0. The number of carbonyl (C=O) groups is 1. The van der Waals surface area contributed by atoms with E-state index in [1.165, 1.54) is 19.1 Å². The minimum atomic E-state index is -0.327. The molecule has 0 amide bonds. The topological polar surface area (TPSA) is 17.1 Å². The molecule has 0 bridgehead atoms. The van der Waals surface area contributed by atoms with E-state index in [1.54, 1.807) is 30.3 Å². The van der Waals surface area contributed by atoms with Gasteiger partial charge in [0.25, 0.3) is 0 Å². The molecule has 0 radical (unpaired) electrons. The normalized spacial score (nSPS) is 10.3. The number of Topliss-reactive ketones (excluding diaryl/α,β-unsaturated/α-hetero) is 1. The maximum Gasteiger partial charge on any atom is 0.159 e. The molecular weight excluding hydrogens is 239 g/mol. The van der Waals surface area contributed by atoms with Gasteiger partial charge in [-0.25, -0.2) is 4.39 Å². The van der Waals surface area contributed by atoms with Gasteiger partial charge >= 0.3 is 0 Å². The molecule has 2 aromatic rings. The summed E-state index contributed by atoms with van der Waals surface area (Å²) >= 11 is 6.05. The van der Waals surface area contributed by atoms with Crippen molar-refractivity contribution in [3.63, 3.8) is 0 Å². The summed E-state index contributed by atoms with van der Waals surface area (Å²) in [4.78, 5) is 11.3. The van der Waals surface area contributed by atoms with Crippen LogP contribution in [0.1, 0.15) is 17.3 Å². The fourth-order valence-electron chi connectivity index (χ4n) is 1.62. The molecule has 0 aromatic heterocycles. The Labute approximate surface area is 104 Å². The fraction of sp³-hybridized carbons (Fsp3) is 0.0714. The first kappa shape index (κ1) is 11.8. The molecule has 2 rings (SSSR count). The Morgan fingerprint density at radius 2 is 1.94 bits per heavy atom. The highest BCUT2D eigenvalue weighted by atomic mass is 35.5. The van der Waals surface area contributed by atoms with Crippen molar-refractivity contribution in [3.05, 3.63) is 58.9 Å². The van der Waals surface area contributed by atoms with Crippen LogP contribution in [-0.2, 0) is 0 Å². The highest BCUT2D eigenvalue weighted by Gasteiger charge is 2.07. The smallest absolute Gasteiger partial charge is 0.159 e. The molecule has 0 N–H and O–H groups in total. The average molecular weight is 249 g/mol. The molecule has 0 unspecified atom stereocenters. The molecule has 0 aliphatic heterocycles. The molecule has 0 fully saturated rings. The molecule has 17 heavy (non-hydrogen) atoms. The third kappa shape index (κ3) is 2.53. The van der Waals surface area contributed by atoms with E-state index in [0.29, 0.717) is 21.7 Å². The predicted molar refractivity (Wildman–Crippen MR) is 66.9 cm³/mol. The summed E-state index contributed by atoms with van der Waals surface area (Å²) in [5, 5.41) is 0.501. The van der Waals surface area contributed by atoms with Gasteiger partial charge in [0.1, 0.15) is 5.82 Å². The summed E-state index contributed by atoms with van der Waals surface area (Å²) in [6, 6.07) is 11.1. The van der Waals surface area contributed by atoms with Crippen molar-refractivity contribution < 1.29 is 9.18 Å². The average Bonchev–Trinajstić information content (AvgIpc) is 2.29. The zero-order valence-corrected chi connectivity index (χ0v) is 9.96. The molecule has 0 atom stereocenters. The third-order valence-electron chi connectivity index (χ3n) is 2.51. The van der Waals surface area contributed by atoms with Crippen molar-refractivity contribution in [2.75, 3.05) is 0 Å². The van der Waals surface area contributed by atoms with E-state index in [2.05, 4.69) is 0 Å². The quantitative estimate of drug-likeness (QED) is 0.722.